The van der Waals surface area contributed by atoms with Gasteiger partial charge in [0, 0.05) is 11.3 Å². The van der Waals surface area contributed by atoms with Crippen molar-refractivity contribution in [3.63, 3.8) is 0 Å². The van der Waals surface area contributed by atoms with Crippen molar-refractivity contribution in [3.05, 3.63) is 0 Å². The summed E-state index contributed by atoms with van der Waals surface area (Å²) in [6.07, 6.45) is 9.98. The monoisotopic (exact) mass is 320 g/mol. The fourth-order valence-electron chi connectivity index (χ4n) is 7.46. The minimum atomic E-state index is -0.647. The van der Waals surface area contributed by atoms with E-state index in [2.05, 4.69) is 13.8 Å². The normalized spacial score (nSPS) is 58.9. The first-order valence-electron chi connectivity index (χ1n) is 9.71. The third-order valence-electron chi connectivity index (χ3n) is 9.06. The van der Waals surface area contributed by atoms with Crippen LogP contribution in [0, 0.1) is 34.5 Å². The molecule has 0 aromatic rings. The average Bonchev–Trinajstić information content (AvgIpc) is 2.79. The standard InChI is InChI=1S/C20H32O3/c1-18-8-6-15(22)11-13(18)3-4-17-16(18)7-9-19(2)14(12-21)5-10-20(17,19)23/h12-17,22-23H,3-11H2,1-2H3/t13-,14+,15-,16-,17+,18-,19+,20-/m0/s1. The lowest BCUT2D eigenvalue weighted by atomic mass is 9.43. The van der Waals surface area contributed by atoms with E-state index in [0.717, 1.165) is 64.1 Å². The van der Waals surface area contributed by atoms with Gasteiger partial charge in [0.15, 0.2) is 0 Å². The number of fused-ring (bicyclic) bond motifs is 5. The van der Waals surface area contributed by atoms with Crippen LogP contribution in [0.1, 0.15) is 71.6 Å². The molecule has 4 aliphatic carbocycles. The minimum absolute atomic E-state index is 0.0344. The SMILES string of the molecule is C[C@]12CC[C@H](O)C[C@@H]1CC[C@@H]1[C@@H]2CC[C@]2(C)[C@@H](C=O)CC[C@]12O. The Morgan fingerprint density at radius 3 is 2.48 bits per heavy atom. The Labute approximate surface area is 139 Å². The Kier molecular flexibility index (Phi) is 3.53. The van der Waals surface area contributed by atoms with E-state index in [1.54, 1.807) is 0 Å². The third kappa shape index (κ3) is 1.93. The average molecular weight is 320 g/mol. The summed E-state index contributed by atoms with van der Waals surface area (Å²) in [7, 11) is 0. The predicted octanol–water partition coefficient (Wildman–Crippen LogP) is 3.32. The number of carbonyl (C=O) groups is 1. The van der Waals surface area contributed by atoms with E-state index in [9.17, 15) is 15.0 Å². The fraction of sp³-hybridized carbons (Fsp3) is 0.950. The number of hydrogen-bond donors (Lipinski definition) is 2. The van der Waals surface area contributed by atoms with Crippen LogP contribution >= 0.6 is 0 Å². The summed E-state index contributed by atoms with van der Waals surface area (Å²) in [4.78, 5) is 11.6. The van der Waals surface area contributed by atoms with Crippen LogP contribution in [0.3, 0.4) is 0 Å². The van der Waals surface area contributed by atoms with Gasteiger partial charge in [0.1, 0.15) is 6.29 Å². The second kappa shape index (κ2) is 5.05. The van der Waals surface area contributed by atoms with Crippen molar-refractivity contribution in [2.75, 3.05) is 0 Å². The van der Waals surface area contributed by atoms with Crippen LogP contribution in [-0.2, 0) is 4.79 Å². The number of hydrogen-bond acceptors (Lipinski definition) is 3. The summed E-state index contributed by atoms with van der Waals surface area (Å²) in [6, 6.07) is 0. The maximum atomic E-state index is 11.7. The molecule has 8 atom stereocenters. The van der Waals surface area contributed by atoms with Crippen LogP contribution in [-0.4, -0.2) is 28.2 Å². The molecule has 0 bridgehead atoms. The zero-order valence-electron chi connectivity index (χ0n) is 14.6. The summed E-state index contributed by atoms with van der Waals surface area (Å²) in [5.74, 6) is 1.57. The van der Waals surface area contributed by atoms with E-state index in [4.69, 9.17) is 0 Å². The van der Waals surface area contributed by atoms with Gasteiger partial charge >= 0.3 is 0 Å². The minimum Gasteiger partial charge on any atom is -0.393 e. The van der Waals surface area contributed by atoms with E-state index in [-0.39, 0.29) is 22.9 Å². The van der Waals surface area contributed by atoms with Gasteiger partial charge in [0.2, 0.25) is 0 Å². The smallest absolute Gasteiger partial charge is 0.123 e. The molecule has 23 heavy (non-hydrogen) atoms. The molecular formula is C20H32O3. The van der Waals surface area contributed by atoms with Gasteiger partial charge in [-0.3, -0.25) is 0 Å². The summed E-state index contributed by atoms with van der Waals surface area (Å²) in [5.41, 5.74) is -0.586. The van der Waals surface area contributed by atoms with Gasteiger partial charge < -0.3 is 15.0 Å². The second-order valence-corrected chi connectivity index (χ2v) is 9.58. The first kappa shape index (κ1) is 16.1. The van der Waals surface area contributed by atoms with Crippen molar-refractivity contribution >= 4 is 6.29 Å². The van der Waals surface area contributed by atoms with E-state index < -0.39 is 5.60 Å². The van der Waals surface area contributed by atoms with Crippen molar-refractivity contribution < 1.29 is 15.0 Å². The quantitative estimate of drug-likeness (QED) is 0.729. The largest absolute Gasteiger partial charge is 0.393 e. The Bertz CT molecular complexity index is 505. The van der Waals surface area contributed by atoms with Gasteiger partial charge in [-0.05, 0) is 81.0 Å². The van der Waals surface area contributed by atoms with Crippen molar-refractivity contribution in [3.8, 4) is 0 Å². The molecule has 4 fully saturated rings. The summed E-state index contributed by atoms with van der Waals surface area (Å²) >= 11 is 0. The molecule has 4 rings (SSSR count). The molecule has 2 N–H and O–H groups in total. The molecule has 0 aliphatic heterocycles. The van der Waals surface area contributed by atoms with Gasteiger partial charge in [-0.2, -0.15) is 0 Å². The molecule has 0 saturated heterocycles. The molecule has 0 aromatic heterocycles. The summed E-state index contributed by atoms with van der Waals surface area (Å²) in [5, 5.41) is 21.8. The molecule has 4 saturated carbocycles. The molecular weight excluding hydrogens is 288 g/mol. The van der Waals surface area contributed by atoms with Crippen LogP contribution in [0.4, 0.5) is 0 Å². The lowest BCUT2D eigenvalue weighted by Crippen LogP contribution is -2.62. The number of aliphatic hydroxyl groups excluding tert-OH is 1. The van der Waals surface area contributed by atoms with Gasteiger partial charge in [-0.15, -0.1) is 0 Å². The highest BCUT2D eigenvalue weighted by Gasteiger charge is 2.67. The van der Waals surface area contributed by atoms with Crippen LogP contribution in [0.2, 0.25) is 0 Å². The van der Waals surface area contributed by atoms with Gasteiger partial charge in [0.25, 0.3) is 0 Å². The Morgan fingerprint density at radius 1 is 0.957 bits per heavy atom. The van der Waals surface area contributed by atoms with Crippen molar-refractivity contribution in [1.82, 2.24) is 0 Å². The van der Waals surface area contributed by atoms with Crippen LogP contribution < -0.4 is 0 Å². The maximum absolute atomic E-state index is 11.7. The molecule has 4 aliphatic rings. The summed E-state index contributed by atoms with van der Waals surface area (Å²) in [6.45, 7) is 4.60. The summed E-state index contributed by atoms with van der Waals surface area (Å²) < 4.78 is 0. The molecule has 0 spiro atoms. The van der Waals surface area contributed by atoms with E-state index in [1.807, 2.05) is 0 Å². The molecule has 3 heteroatoms. The molecule has 0 amide bonds. The highest BCUT2D eigenvalue weighted by atomic mass is 16.3. The van der Waals surface area contributed by atoms with Gasteiger partial charge in [-0.1, -0.05) is 13.8 Å². The molecule has 0 aromatic carbocycles. The topological polar surface area (TPSA) is 57.5 Å². The number of aliphatic hydroxyl groups is 2. The molecule has 0 heterocycles. The van der Waals surface area contributed by atoms with Crippen molar-refractivity contribution in [1.29, 1.82) is 0 Å². The molecule has 130 valence electrons. The zero-order chi connectivity index (χ0) is 16.5. The lowest BCUT2D eigenvalue weighted by Gasteiger charge is -2.63. The van der Waals surface area contributed by atoms with Gasteiger partial charge in [-0.25, -0.2) is 0 Å². The zero-order valence-corrected chi connectivity index (χ0v) is 14.6. The second-order valence-electron chi connectivity index (χ2n) is 9.58. The first-order valence-corrected chi connectivity index (χ1v) is 9.71. The lowest BCUT2D eigenvalue weighted by molar-refractivity contribution is -0.208. The number of rotatable bonds is 1. The van der Waals surface area contributed by atoms with E-state index in [1.165, 1.54) is 0 Å². The highest BCUT2D eigenvalue weighted by Crippen LogP contribution is 2.68. The Balaban J connectivity index is 1.68. The molecule has 0 unspecified atom stereocenters. The maximum Gasteiger partial charge on any atom is 0.123 e. The van der Waals surface area contributed by atoms with Crippen LogP contribution in [0.15, 0.2) is 0 Å². The van der Waals surface area contributed by atoms with Crippen LogP contribution in [0.25, 0.3) is 0 Å². The van der Waals surface area contributed by atoms with E-state index >= 15 is 0 Å². The predicted molar refractivity (Wildman–Crippen MR) is 88.7 cm³/mol. The number of carbonyl (C=O) groups excluding carboxylic acids is 1. The van der Waals surface area contributed by atoms with Crippen molar-refractivity contribution in [2.45, 2.75) is 83.3 Å². The Hall–Kier alpha value is -0.410. The van der Waals surface area contributed by atoms with Crippen molar-refractivity contribution in [2.24, 2.45) is 34.5 Å². The fourth-order valence-corrected chi connectivity index (χ4v) is 7.46. The Morgan fingerprint density at radius 2 is 1.74 bits per heavy atom. The first-order chi connectivity index (χ1) is 10.8. The molecule has 3 nitrogen and oxygen atoms in total. The van der Waals surface area contributed by atoms with Gasteiger partial charge in [0.05, 0.1) is 11.7 Å². The molecule has 0 radical (unpaired) electrons. The third-order valence-corrected chi connectivity index (χ3v) is 9.06. The van der Waals surface area contributed by atoms with Crippen LogP contribution in [0.5, 0.6) is 0 Å². The number of aldehydes is 1. The van der Waals surface area contributed by atoms with E-state index in [0.29, 0.717) is 17.8 Å². The highest BCUT2D eigenvalue weighted by molar-refractivity contribution is 5.57.